The fourth-order valence-corrected chi connectivity index (χ4v) is 3.45. The molecule has 0 bridgehead atoms. The van der Waals surface area contributed by atoms with Gasteiger partial charge in [0.2, 0.25) is 12.7 Å². The molecule has 1 aromatic heterocycles. The molecule has 1 fully saturated rings. The van der Waals surface area contributed by atoms with E-state index in [1.165, 1.54) is 5.39 Å². The first-order valence-corrected chi connectivity index (χ1v) is 9.21. The Morgan fingerprint density at radius 3 is 2.89 bits per heavy atom. The quantitative estimate of drug-likeness (QED) is 0.697. The minimum Gasteiger partial charge on any atom is -0.454 e. The number of H-pyrrole nitrogens is 1. The number of amides is 1. The van der Waals surface area contributed by atoms with Crippen LogP contribution in [0.4, 0.5) is 0 Å². The second-order valence-electron chi connectivity index (χ2n) is 7.04. The Kier molecular flexibility index (Phi) is 3.85. The normalized spacial score (nSPS) is 15.6. The molecule has 5 rings (SSSR count). The molecule has 0 radical (unpaired) electrons. The van der Waals surface area contributed by atoms with Crippen LogP contribution < -0.4 is 9.47 Å². The van der Waals surface area contributed by atoms with Gasteiger partial charge in [0.25, 0.3) is 0 Å². The van der Waals surface area contributed by atoms with Crippen molar-refractivity contribution in [3.8, 4) is 11.5 Å². The highest BCUT2D eigenvalue weighted by Gasteiger charge is 2.31. The Hall–Kier alpha value is -3.21. The summed E-state index contributed by atoms with van der Waals surface area (Å²) in [6.07, 6.45) is 7.60. The number of carbonyl (C=O) groups is 1. The molecule has 1 amide bonds. The van der Waals surface area contributed by atoms with Crippen LogP contribution in [0.1, 0.15) is 24.0 Å². The number of hydrogen-bond acceptors (Lipinski definition) is 3. The molecule has 1 saturated carbocycles. The first-order chi connectivity index (χ1) is 13.3. The second kappa shape index (κ2) is 6.50. The molecular formula is C22H20N2O3. The minimum atomic E-state index is 0.0457. The van der Waals surface area contributed by atoms with Crippen LogP contribution in [-0.2, 0) is 11.3 Å². The molecule has 2 heterocycles. The number of carbonyl (C=O) groups excluding carboxylic acids is 1. The minimum absolute atomic E-state index is 0.0457. The van der Waals surface area contributed by atoms with Gasteiger partial charge in [-0.3, -0.25) is 4.79 Å². The Balaban J connectivity index is 1.33. The Morgan fingerprint density at radius 2 is 2.00 bits per heavy atom. The van der Waals surface area contributed by atoms with Crippen molar-refractivity contribution >= 4 is 22.9 Å². The summed E-state index contributed by atoms with van der Waals surface area (Å²) in [7, 11) is 0. The summed E-state index contributed by atoms with van der Waals surface area (Å²) in [6, 6.07) is 14.4. The third kappa shape index (κ3) is 3.28. The lowest BCUT2D eigenvalue weighted by Crippen LogP contribution is -2.31. The number of nitrogens with one attached hydrogen (secondary N) is 1. The van der Waals surface area contributed by atoms with Crippen LogP contribution in [0.15, 0.2) is 54.7 Å². The summed E-state index contributed by atoms with van der Waals surface area (Å²) in [4.78, 5) is 18.0. The number of fused-ring (bicyclic) bond motifs is 2. The van der Waals surface area contributed by atoms with Crippen LogP contribution in [0.3, 0.4) is 0 Å². The van der Waals surface area contributed by atoms with Crippen LogP contribution in [0, 0.1) is 0 Å². The first-order valence-electron chi connectivity index (χ1n) is 9.21. The van der Waals surface area contributed by atoms with Gasteiger partial charge in [-0.1, -0.05) is 12.1 Å². The van der Waals surface area contributed by atoms with E-state index >= 15 is 0 Å². The molecule has 3 aromatic rings. The van der Waals surface area contributed by atoms with Gasteiger partial charge < -0.3 is 19.4 Å². The predicted molar refractivity (Wildman–Crippen MR) is 103 cm³/mol. The van der Waals surface area contributed by atoms with E-state index in [1.54, 1.807) is 6.08 Å². The average Bonchev–Trinajstić information content (AvgIpc) is 3.23. The predicted octanol–water partition coefficient (Wildman–Crippen LogP) is 4.10. The van der Waals surface area contributed by atoms with Crippen molar-refractivity contribution in [3.63, 3.8) is 0 Å². The van der Waals surface area contributed by atoms with Crippen molar-refractivity contribution < 1.29 is 14.3 Å². The maximum atomic E-state index is 12.8. The van der Waals surface area contributed by atoms with Gasteiger partial charge in [0.15, 0.2) is 11.5 Å². The summed E-state index contributed by atoms with van der Waals surface area (Å²) in [5.41, 5.74) is 3.20. The molecule has 2 aliphatic rings. The molecule has 0 unspecified atom stereocenters. The number of aromatic nitrogens is 1. The second-order valence-corrected chi connectivity index (χ2v) is 7.04. The van der Waals surface area contributed by atoms with Crippen LogP contribution in [0.25, 0.3) is 17.0 Å². The molecule has 1 N–H and O–H groups in total. The van der Waals surface area contributed by atoms with Crippen molar-refractivity contribution in [2.45, 2.75) is 25.4 Å². The molecule has 5 nitrogen and oxygen atoms in total. The summed E-state index contributed by atoms with van der Waals surface area (Å²) in [5, 5.41) is 1.17. The van der Waals surface area contributed by atoms with E-state index in [-0.39, 0.29) is 12.7 Å². The van der Waals surface area contributed by atoms with Crippen molar-refractivity contribution in [1.29, 1.82) is 0 Å². The van der Waals surface area contributed by atoms with Crippen LogP contribution in [-0.4, -0.2) is 28.6 Å². The van der Waals surface area contributed by atoms with E-state index in [9.17, 15) is 4.79 Å². The van der Waals surface area contributed by atoms with Crippen LogP contribution in [0.2, 0.25) is 0 Å². The molecule has 27 heavy (non-hydrogen) atoms. The van der Waals surface area contributed by atoms with Gasteiger partial charge in [0, 0.05) is 30.4 Å². The molecule has 0 saturated heterocycles. The summed E-state index contributed by atoms with van der Waals surface area (Å²) < 4.78 is 10.7. The summed E-state index contributed by atoms with van der Waals surface area (Å²) >= 11 is 0. The van der Waals surface area contributed by atoms with Gasteiger partial charge in [0.1, 0.15) is 0 Å². The fourth-order valence-electron chi connectivity index (χ4n) is 3.45. The molecule has 1 aliphatic carbocycles. The van der Waals surface area contributed by atoms with Gasteiger partial charge in [-0.25, -0.2) is 0 Å². The molecule has 2 aromatic carbocycles. The smallest absolute Gasteiger partial charge is 0.247 e. The first kappa shape index (κ1) is 16.0. The van der Waals surface area contributed by atoms with Crippen molar-refractivity contribution in [2.75, 3.05) is 6.79 Å². The lowest BCUT2D eigenvalue weighted by Gasteiger charge is -2.21. The average molecular weight is 360 g/mol. The SMILES string of the molecule is O=C(C=Cc1ccc2c(c1)OCO2)N(Cc1ccc2[nH]ccc2c1)C1CC1. The number of hydrogen-bond donors (Lipinski definition) is 1. The number of benzene rings is 2. The van der Waals surface area contributed by atoms with E-state index in [2.05, 4.69) is 29.2 Å². The third-order valence-corrected chi connectivity index (χ3v) is 5.06. The zero-order chi connectivity index (χ0) is 18.2. The van der Waals surface area contributed by atoms with Crippen molar-refractivity contribution in [1.82, 2.24) is 9.88 Å². The number of ether oxygens (including phenoxy) is 2. The highest BCUT2D eigenvalue weighted by Crippen LogP contribution is 2.33. The van der Waals surface area contributed by atoms with Gasteiger partial charge in [0.05, 0.1) is 0 Å². The molecule has 0 spiro atoms. The van der Waals surface area contributed by atoms with Crippen molar-refractivity contribution in [2.24, 2.45) is 0 Å². The number of aromatic amines is 1. The highest BCUT2D eigenvalue weighted by atomic mass is 16.7. The lowest BCUT2D eigenvalue weighted by atomic mass is 10.1. The van der Waals surface area contributed by atoms with Gasteiger partial charge in [-0.05, 0) is 65.8 Å². The van der Waals surface area contributed by atoms with E-state index in [1.807, 2.05) is 35.4 Å². The topological polar surface area (TPSA) is 54.6 Å². The Morgan fingerprint density at radius 1 is 1.11 bits per heavy atom. The van der Waals surface area contributed by atoms with Crippen LogP contribution in [0.5, 0.6) is 11.5 Å². The number of nitrogens with zero attached hydrogens (tertiary/aromatic N) is 1. The largest absolute Gasteiger partial charge is 0.454 e. The lowest BCUT2D eigenvalue weighted by molar-refractivity contribution is -0.127. The van der Waals surface area contributed by atoms with E-state index < -0.39 is 0 Å². The maximum Gasteiger partial charge on any atom is 0.247 e. The molecule has 0 atom stereocenters. The molecule has 136 valence electrons. The fraction of sp³-hybridized carbons (Fsp3) is 0.227. The zero-order valence-corrected chi connectivity index (χ0v) is 14.9. The molecule has 5 heteroatoms. The molecule has 1 aliphatic heterocycles. The number of rotatable bonds is 5. The van der Waals surface area contributed by atoms with Gasteiger partial charge in [-0.15, -0.1) is 0 Å². The summed E-state index contributed by atoms with van der Waals surface area (Å²) in [5.74, 6) is 1.52. The standard InChI is InChI=1S/C22H20N2O3/c25-22(8-3-15-2-7-20-21(12-15)27-14-26-20)24(18-4-5-18)13-16-1-6-19-17(11-16)9-10-23-19/h1-3,6-12,18,23H,4-5,13-14H2. The van der Waals surface area contributed by atoms with E-state index in [0.29, 0.717) is 12.6 Å². The Bertz CT molecular complexity index is 1030. The third-order valence-electron chi connectivity index (χ3n) is 5.06. The zero-order valence-electron chi connectivity index (χ0n) is 14.9. The van der Waals surface area contributed by atoms with E-state index in [4.69, 9.17) is 9.47 Å². The van der Waals surface area contributed by atoms with Crippen molar-refractivity contribution in [3.05, 3.63) is 65.9 Å². The van der Waals surface area contributed by atoms with Gasteiger partial charge in [-0.2, -0.15) is 0 Å². The summed E-state index contributed by atoms with van der Waals surface area (Å²) in [6.45, 7) is 0.887. The molecular weight excluding hydrogens is 340 g/mol. The van der Waals surface area contributed by atoms with Crippen LogP contribution >= 0.6 is 0 Å². The van der Waals surface area contributed by atoms with E-state index in [0.717, 1.165) is 41.0 Å². The monoisotopic (exact) mass is 360 g/mol. The van der Waals surface area contributed by atoms with Gasteiger partial charge >= 0.3 is 0 Å². The maximum absolute atomic E-state index is 12.8. The Labute approximate surface area is 157 Å². The highest BCUT2D eigenvalue weighted by molar-refractivity contribution is 5.92.